The minimum absolute atomic E-state index is 0.0419. The highest BCUT2D eigenvalue weighted by molar-refractivity contribution is 7.22. The minimum Gasteiger partial charge on any atom is -0.375 e. The van der Waals surface area contributed by atoms with Crippen LogP contribution < -0.4 is 26.6 Å². The quantitative estimate of drug-likeness (QED) is 0.395. The van der Waals surface area contributed by atoms with Gasteiger partial charge in [0.25, 0.3) is 0 Å². The summed E-state index contributed by atoms with van der Waals surface area (Å²) in [6.07, 6.45) is 0. The molecule has 0 radical (unpaired) electrons. The molecule has 0 amide bonds. The molecule has 2 atom stereocenters. The van der Waals surface area contributed by atoms with Crippen LogP contribution in [0.3, 0.4) is 0 Å². The number of anilines is 3. The first-order valence-corrected chi connectivity index (χ1v) is 12.4. The van der Waals surface area contributed by atoms with Crippen LogP contribution in [-0.2, 0) is 0 Å². The molecule has 2 fully saturated rings. The van der Waals surface area contributed by atoms with Crippen LogP contribution >= 0.6 is 22.9 Å². The molecule has 11 heteroatoms. The maximum Gasteiger partial charge on any atom is 0.228 e. The molecular weight excluding hydrogens is 475 g/mol. The Morgan fingerprint density at radius 2 is 1.97 bits per heavy atom. The molecule has 8 nitrogen and oxygen atoms in total. The van der Waals surface area contributed by atoms with Crippen LogP contribution in [0.5, 0.6) is 0 Å². The van der Waals surface area contributed by atoms with Crippen LogP contribution in [0.2, 0.25) is 5.02 Å². The van der Waals surface area contributed by atoms with Gasteiger partial charge in [0.2, 0.25) is 5.95 Å². The Bertz CT molecular complexity index is 1420. The van der Waals surface area contributed by atoms with E-state index in [-0.39, 0.29) is 28.2 Å². The van der Waals surface area contributed by atoms with Crippen molar-refractivity contribution in [2.75, 3.05) is 48.3 Å². The lowest BCUT2D eigenvalue weighted by Crippen LogP contribution is -2.63. The zero-order valence-electron chi connectivity index (χ0n) is 18.6. The summed E-state index contributed by atoms with van der Waals surface area (Å²) >= 11 is 8.09. The van der Waals surface area contributed by atoms with E-state index in [0.29, 0.717) is 39.9 Å². The number of thiazole rings is 1. The minimum atomic E-state index is -0.487. The number of halogens is 2. The molecule has 4 aromatic rings. The van der Waals surface area contributed by atoms with Crippen molar-refractivity contribution in [3.05, 3.63) is 35.1 Å². The summed E-state index contributed by atoms with van der Waals surface area (Å²) in [5.74, 6) is 0.690. The van der Waals surface area contributed by atoms with Gasteiger partial charge in [0, 0.05) is 61.3 Å². The fourth-order valence-electron chi connectivity index (χ4n) is 4.73. The van der Waals surface area contributed by atoms with Gasteiger partial charge in [-0.05, 0) is 19.1 Å². The first-order chi connectivity index (χ1) is 16.4. The number of nitrogens with zero attached hydrogens (tertiary/aromatic N) is 5. The Kier molecular flexibility index (Phi) is 5.21. The van der Waals surface area contributed by atoms with Crippen LogP contribution in [0.25, 0.3) is 32.2 Å². The van der Waals surface area contributed by atoms with E-state index < -0.39 is 5.82 Å². The van der Waals surface area contributed by atoms with Crippen LogP contribution in [0.4, 0.5) is 21.3 Å². The number of nitrogen functional groups attached to an aromatic ring is 1. The molecule has 2 saturated heterocycles. The van der Waals surface area contributed by atoms with Gasteiger partial charge in [0.15, 0.2) is 10.9 Å². The number of piperazine rings is 1. The lowest BCUT2D eigenvalue weighted by molar-refractivity contribution is 0.398. The Labute approximate surface area is 204 Å². The van der Waals surface area contributed by atoms with Gasteiger partial charge in [0.1, 0.15) is 11.3 Å². The third-order valence-electron chi connectivity index (χ3n) is 6.75. The zero-order valence-corrected chi connectivity index (χ0v) is 20.1. The van der Waals surface area contributed by atoms with Gasteiger partial charge in [-0.15, -0.1) is 0 Å². The van der Waals surface area contributed by atoms with Crippen molar-refractivity contribution < 1.29 is 4.39 Å². The largest absolute Gasteiger partial charge is 0.375 e. The monoisotopic (exact) mass is 498 g/mol. The number of nitrogens with two attached hydrogens (primary N) is 2. The molecule has 0 saturated carbocycles. The number of hydrogen-bond donors (Lipinski definition) is 3. The van der Waals surface area contributed by atoms with E-state index in [2.05, 4.69) is 15.2 Å². The summed E-state index contributed by atoms with van der Waals surface area (Å²) < 4.78 is 17.2. The molecule has 0 spiro atoms. The molecule has 2 aliphatic heterocycles. The van der Waals surface area contributed by atoms with E-state index in [1.54, 1.807) is 6.07 Å². The van der Waals surface area contributed by atoms with E-state index in [1.807, 2.05) is 30.0 Å². The van der Waals surface area contributed by atoms with Crippen molar-refractivity contribution >= 4 is 61.0 Å². The van der Waals surface area contributed by atoms with E-state index in [9.17, 15) is 0 Å². The molecule has 6 rings (SSSR count). The van der Waals surface area contributed by atoms with Gasteiger partial charge in [-0.2, -0.15) is 4.98 Å². The second-order valence-corrected chi connectivity index (χ2v) is 10.3. The van der Waals surface area contributed by atoms with Gasteiger partial charge < -0.3 is 26.6 Å². The van der Waals surface area contributed by atoms with Crippen molar-refractivity contribution in [2.24, 2.45) is 5.73 Å². The lowest BCUT2D eigenvalue weighted by atomic mass is 9.99. The number of nitrogens with one attached hydrogen (secondary N) is 1. The van der Waals surface area contributed by atoms with E-state index in [1.165, 1.54) is 11.3 Å². The van der Waals surface area contributed by atoms with Gasteiger partial charge in [-0.1, -0.05) is 35.1 Å². The van der Waals surface area contributed by atoms with Crippen LogP contribution in [0.1, 0.15) is 6.92 Å². The summed E-state index contributed by atoms with van der Waals surface area (Å²) in [6.45, 7) is 5.84. The maximum atomic E-state index is 16.3. The fourth-order valence-corrected chi connectivity index (χ4v) is 5.79. The molecule has 0 aliphatic carbocycles. The molecule has 0 unspecified atom stereocenters. The molecule has 34 heavy (non-hydrogen) atoms. The number of hydrogen-bond acceptors (Lipinski definition) is 9. The lowest BCUT2D eigenvalue weighted by Gasteiger charge is -2.44. The second-order valence-electron chi connectivity index (χ2n) is 8.79. The Balaban J connectivity index is 1.60. The summed E-state index contributed by atoms with van der Waals surface area (Å²) in [6, 6.07) is 7.48. The second kappa shape index (κ2) is 8.16. The summed E-state index contributed by atoms with van der Waals surface area (Å²) in [5, 5.41) is 4.66. The van der Waals surface area contributed by atoms with Gasteiger partial charge in [-0.3, -0.25) is 0 Å². The fraction of sp³-hybridized carbons (Fsp3) is 0.348. The van der Waals surface area contributed by atoms with Crippen molar-refractivity contribution in [3.63, 3.8) is 0 Å². The Hall–Kier alpha value is -2.79. The van der Waals surface area contributed by atoms with Crippen molar-refractivity contribution in [2.45, 2.75) is 19.0 Å². The maximum absolute atomic E-state index is 16.3. The van der Waals surface area contributed by atoms with Gasteiger partial charge >= 0.3 is 0 Å². The third kappa shape index (κ3) is 3.36. The molecule has 4 heterocycles. The van der Waals surface area contributed by atoms with Crippen LogP contribution in [0.15, 0.2) is 24.3 Å². The highest BCUT2D eigenvalue weighted by Crippen LogP contribution is 2.42. The first kappa shape index (κ1) is 21.7. The van der Waals surface area contributed by atoms with Crippen molar-refractivity contribution in [3.8, 4) is 11.1 Å². The van der Waals surface area contributed by atoms with E-state index >= 15 is 4.39 Å². The summed E-state index contributed by atoms with van der Waals surface area (Å²) in [5.41, 5.74) is 13.8. The summed E-state index contributed by atoms with van der Waals surface area (Å²) in [7, 11) is 0. The average Bonchev–Trinajstić information content (AvgIpc) is 3.23. The zero-order chi connectivity index (χ0) is 23.6. The van der Waals surface area contributed by atoms with Crippen molar-refractivity contribution in [1.29, 1.82) is 0 Å². The Morgan fingerprint density at radius 1 is 1.18 bits per heavy atom. The molecule has 5 N–H and O–H groups in total. The molecule has 176 valence electrons. The number of fused-ring (bicyclic) bond motifs is 2. The average molecular weight is 499 g/mol. The molecule has 2 aliphatic rings. The number of aromatic nitrogens is 3. The van der Waals surface area contributed by atoms with E-state index in [4.69, 9.17) is 33.0 Å². The predicted molar refractivity (Wildman–Crippen MR) is 137 cm³/mol. The first-order valence-electron chi connectivity index (χ1n) is 11.3. The highest BCUT2D eigenvalue weighted by Gasteiger charge is 2.35. The SMILES string of the molecule is C[C@@H]1[C@@H](N)CN1c1nc(N2CCNCC2)c2cc(Cl)c(-c3cccc4sc(N)nc34)c(F)c2n1. The Morgan fingerprint density at radius 3 is 2.71 bits per heavy atom. The third-order valence-corrected chi connectivity index (χ3v) is 7.90. The molecule has 2 aromatic heterocycles. The van der Waals surface area contributed by atoms with Crippen LogP contribution in [0, 0.1) is 5.82 Å². The molecule has 0 bridgehead atoms. The number of benzene rings is 2. The standard InChI is InChI=1S/C23H24ClFN8S/c1-11-15(26)10-33(11)23-30-20-13(21(31-23)32-7-5-28-6-8-32)9-14(24)17(18(20)25)12-3-2-4-16-19(12)29-22(27)34-16/h2-4,9,11,15,28H,5-8,10,26H2,1H3,(H2,27,29)/t11-,15+/m1/s1. The summed E-state index contributed by atoms with van der Waals surface area (Å²) in [4.78, 5) is 18.2. The van der Waals surface area contributed by atoms with Gasteiger partial charge in [0.05, 0.1) is 15.2 Å². The topological polar surface area (TPSA) is 109 Å². The molecular formula is C23H24ClFN8S. The van der Waals surface area contributed by atoms with Crippen LogP contribution in [-0.4, -0.2) is 59.8 Å². The number of para-hydroxylation sites is 1. The van der Waals surface area contributed by atoms with Crippen molar-refractivity contribution in [1.82, 2.24) is 20.3 Å². The normalized spacial score (nSPS) is 20.8. The number of rotatable bonds is 3. The van der Waals surface area contributed by atoms with Gasteiger partial charge in [-0.25, -0.2) is 14.4 Å². The highest BCUT2D eigenvalue weighted by atomic mass is 35.5. The predicted octanol–water partition coefficient (Wildman–Crippen LogP) is 3.23. The smallest absolute Gasteiger partial charge is 0.228 e. The molecule has 2 aromatic carbocycles. The van der Waals surface area contributed by atoms with E-state index in [0.717, 1.165) is 30.9 Å².